The fourth-order valence-corrected chi connectivity index (χ4v) is 4.99. The molecule has 1 spiro atoms. The zero-order chi connectivity index (χ0) is 23.0. The molecular weight excluding hydrogens is 416 g/mol. The van der Waals surface area contributed by atoms with Crippen molar-refractivity contribution < 1.29 is 14.3 Å². The summed E-state index contributed by atoms with van der Waals surface area (Å²) < 4.78 is 7.72. The highest BCUT2D eigenvalue weighted by Crippen LogP contribution is 2.54. The van der Waals surface area contributed by atoms with Crippen LogP contribution < -0.4 is 10.5 Å². The molecule has 7 heteroatoms. The van der Waals surface area contributed by atoms with Gasteiger partial charge >= 0.3 is 0 Å². The van der Waals surface area contributed by atoms with Gasteiger partial charge in [-0.3, -0.25) is 14.3 Å². The van der Waals surface area contributed by atoms with Crippen LogP contribution >= 0.6 is 0 Å². The second-order valence-corrected chi connectivity index (χ2v) is 8.95. The van der Waals surface area contributed by atoms with E-state index in [2.05, 4.69) is 6.58 Å². The van der Waals surface area contributed by atoms with Crippen molar-refractivity contribution >= 4 is 11.8 Å². The van der Waals surface area contributed by atoms with Crippen LogP contribution in [-0.2, 0) is 4.79 Å². The molecule has 3 aromatic rings. The lowest BCUT2D eigenvalue weighted by Gasteiger charge is -2.45. The summed E-state index contributed by atoms with van der Waals surface area (Å²) in [4.78, 5) is 25.9. The minimum atomic E-state index is -0.501. The van der Waals surface area contributed by atoms with E-state index in [9.17, 15) is 9.59 Å². The maximum absolute atomic E-state index is 12.1. The Hall–Kier alpha value is -3.87. The monoisotopic (exact) mass is 442 g/mol. The highest BCUT2D eigenvalue weighted by molar-refractivity contribution is 5.98. The molecule has 33 heavy (non-hydrogen) atoms. The van der Waals surface area contributed by atoms with Gasteiger partial charge in [-0.05, 0) is 67.2 Å². The Bertz CT molecular complexity index is 1190. The molecule has 2 heterocycles. The summed E-state index contributed by atoms with van der Waals surface area (Å²) in [5.74, 6) is 0.947. The number of hydrogen-bond donors (Lipinski definition) is 1. The average Bonchev–Trinajstić information content (AvgIpc) is 3.44. The first-order chi connectivity index (χ1) is 16.0. The fourth-order valence-electron chi connectivity index (χ4n) is 4.99. The molecule has 1 aromatic heterocycles. The molecule has 0 atom stereocenters. The van der Waals surface area contributed by atoms with Crippen molar-refractivity contribution in [1.29, 1.82) is 0 Å². The summed E-state index contributed by atoms with van der Waals surface area (Å²) in [7, 11) is 0. The summed E-state index contributed by atoms with van der Waals surface area (Å²) in [6.45, 7) is 5.11. The van der Waals surface area contributed by atoms with Crippen molar-refractivity contribution in [2.45, 2.75) is 25.3 Å². The van der Waals surface area contributed by atoms with Crippen LogP contribution in [0.3, 0.4) is 0 Å². The quantitative estimate of drug-likeness (QED) is 0.580. The fraction of sp³-hybridized carbons (Fsp3) is 0.269. The molecule has 7 nitrogen and oxygen atoms in total. The molecule has 2 N–H and O–H groups in total. The second kappa shape index (κ2) is 8.24. The van der Waals surface area contributed by atoms with Crippen LogP contribution in [0.15, 0.2) is 73.4 Å². The molecule has 1 saturated heterocycles. The van der Waals surface area contributed by atoms with Crippen LogP contribution in [0.1, 0.15) is 35.7 Å². The van der Waals surface area contributed by atoms with Crippen LogP contribution in [0.4, 0.5) is 0 Å². The number of carbonyl (C=O) groups is 2. The molecule has 168 valence electrons. The maximum Gasteiger partial charge on any atom is 0.252 e. The van der Waals surface area contributed by atoms with Gasteiger partial charge in [0.2, 0.25) is 5.91 Å². The number of amides is 2. The van der Waals surface area contributed by atoms with Gasteiger partial charge in [-0.15, -0.1) is 0 Å². The Morgan fingerprint density at radius 3 is 2.45 bits per heavy atom. The number of hydrogen-bond acceptors (Lipinski definition) is 4. The summed E-state index contributed by atoms with van der Waals surface area (Å²) >= 11 is 0. The SMILES string of the molecule is C=CC(=O)N1CC[C@]2(C1)C[C@H](n1cc(C(N)=O)c(-c3ccc(Oc4ccccc4)cc3)n1)C2. The molecule has 0 bridgehead atoms. The van der Waals surface area contributed by atoms with Gasteiger partial charge in [-0.2, -0.15) is 5.10 Å². The van der Waals surface area contributed by atoms with Gasteiger partial charge in [0.05, 0.1) is 11.6 Å². The minimum absolute atomic E-state index is 0.00703. The third-order valence-corrected chi connectivity index (χ3v) is 6.74. The summed E-state index contributed by atoms with van der Waals surface area (Å²) in [5.41, 5.74) is 7.59. The first-order valence-electron chi connectivity index (χ1n) is 11.1. The number of ether oxygens (including phenoxy) is 1. The average molecular weight is 443 g/mol. The Balaban J connectivity index is 1.32. The molecule has 2 aliphatic rings. The molecule has 1 aliphatic carbocycles. The predicted octanol–water partition coefficient (Wildman–Crippen LogP) is 4.18. The van der Waals surface area contributed by atoms with E-state index in [4.69, 9.17) is 15.6 Å². The summed E-state index contributed by atoms with van der Waals surface area (Å²) in [5, 5.41) is 4.74. The van der Waals surface area contributed by atoms with Crippen molar-refractivity contribution in [2.75, 3.05) is 13.1 Å². The zero-order valence-electron chi connectivity index (χ0n) is 18.3. The van der Waals surface area contributed by atoms with Gasteiger partial charge in [0.1, 0.15) is 17.2 Å². The van der Waals surface area contributed by atoms with E-state index in [0.717, 1.165) is 43.7 Å². The van der Waals surface area contributed by atoms with E-state index in [1.54, 1.807) is 6.20 Å². The number of nitrogens with two attached hydrogens (primary N) is 1. The molecule has 1 saturated carbocycles. The Morgan fingerprint density at radius 1 is 1.09 bits per heavy atom. The van der Waals surface area contributed by atoms with E-state index in [0.29, 0.717) is 17.0 Å². The highest BCUT2D eigenvalue weighted by atomic mass is 16.5. The maximum atomic E-state index is 12.1. The van der Waals surface area contributed by atoms with Gasteiger partial charge in [0.15, 0.2) is 0 Å². The molecule has 5 rings (SSSR count). The number of para-hydroxylation sites is 1. The Labute approximate surface area is 192 Å². The lowest BCUT2D eigenvalue weighted by atomic mass is 9.65. The van der Waals surface area contributed by atoms with Gasteiger partial charge in [-0.25, -0.2) is 0 Å². The third kappa shape index (κ3) is 4.02. The number of primary amides is 1. The molecule has 2 fully saturated rings. The largest absolute Gasteiger partial charge is 0.457 e. The van der Waals surface area contributed by atoms with Crippen LogP contribution in [0.5, 0.6) is 11.5 Å². The van der Waals surface area contributed by atoms with Crippen molar-refractivity contribution in [3.05, 3.63) is 79.0 Å². The topological polar surface area (TPSA) is 90.5 Å². The Kier molecular flexibility index (Phi) is 5.24. The number of nitrogens with zero attached hydrogens (tertiary/aromatic N) is 3. The van der Waals surface area contributed by atoms with Crippen LogP contribution in [-0.4, -0.2) is 39.6 Å². The lowest BCUT2D eigenvalue weighted by molar-refractivity contribution is -0.125. The van der Waals surface area contributed by atoms with Crippen molar-refractivity contribution in [1.82, 2.24) is 14.7 Å². The van der Waals surface area contributed by atoms with Crippen molar-refractivity contribution in [3.63, 3.8) is 0 Å². The standard InChI is InChI=1S/C26H26N4O3/c1-2-23(31)29-13-12-26(17-29)14-19(15-26)30-16-22(25(27)32)24(28-30)18-8-10-21(11-9-18)33-20-6-4-3-5-7-20/h2-11,16,19H,1,12-15,17H2,(H2,27,32)/t19-,26-. The normalized spacial score (nSPS) is 21.6. The first-order valence-corrected chi connectivity index (χ1v) is 11.1. The van der Waals surface area contributed by atoms with Crippen molar-refractivity contribution in [2.24, 2.45) is 11.1 Å². The van der Waals surface area contributed by atoms with E-state index in [-0.39, 0.29) is 17.4 Å². The predicted molar refractivity (Wildman–Crippen MR) is 125 cm³/mol. The van der Waals surface area contributed by atoms with Gasteiger partial charge < -0.3 is 15.4 Å². The number of carbonyl (C=O) groups excluding carboxylic acids is 2. The number of aromatic nitrogens is 2. The smallest absolute Gasteiger partial charge is 0.252 e. The first kappa shape index (κ1) is 21.0. The molecule has 0 radical (unpaired) electrons. The van der Waals surface area contributed by atoms with E-state index >= 15 is 0 Å². The number of benzene rings is 2. The van der Waals surface area contributed by atoms with Gasteiger partial charge in [-0.1, -0.05) is 24.8 Å². The summed E-state index contributed by atoms with van der Waals surface area (Å²) in [6.07, 6.45) is 5.98. The Morgan fingerprint density at radius 2 is 1.79 bits per heavy atom. The van der Waals surface area contributed by atoms with E-state index in [1.165, 1.54) is 6.08 Å². The van der Waals surface area contributed by atoms with E-state index in [1.807, 2.05) is 64.2 Å². The molecule has 2 aromatic carbocycles. The third-order valence-electron chi connectivity index (χ3n) is 6.74. The zero-order valence-corrected chi connectivity index (χ0v) is 18.3. The van der Waals surface area contributed by atoms with Crippen LogP contribution in [0.25, 0.3) is 11.3 Å². The second-order valence-electron chi connectivity index (χ2n) is 8.95. The number of likely N-dealkylation sites (tertiary alicyclic amines) is 1. The van der Waals surface area contributed by atoms with Gasteiger partial charge in [0, 0.05) is 24.8 Å². The molecular formula is C26H26N4O3. The van der Waals surface area contributed by atoms with Crippen LogP contribution in [0, 0.1) is 5.41 Å². The molecule has 0 unspecified atom stereocenters. The highest BCUT2D eigenvalue weighted by Gasteiger charge is 2.50. The van der Waals surface area contributed by atoms with Gasteiger partial charge in [0.25, 0.3) is 5.91 Å². The lowest BCUT2D eigenvalue weighted by Crippen LogP contribution is -2.41. The summed E-state index contributed by atoms with van der Waals surface area (Å²) in [6, 6.07) is 17.2. The van der Waals surface area contributed by atoms with Crippen molar-refractivity contribution in [3.8, 4) is 22.8 Å². The van der Waals surface area contributed by atoms with E-state index < -0.39 is 5.91 Å². The molecule has 1 aliphatic heterocycles. The van der Waals surface area contributed by atoms with Crippen LogP contribution in [0.2, 0.25) is 0 Å². The number of rotatable bonds is 6. The molecule has 2 amide bonds. The minimum Gasteiger partial charge on any atom is -0.457 e.